The molecule has 0 N–H and O–H groups in total. The van der Waals surface area contributed by atoms with Crippen molar-refractivity contribution in [1.82, 2.24) is 0 Å². The molecule has 14 heavy (non-hydrogen) atoms. The molecule has 0 heterocycles. The van der Waals surface area contributed by atoms with Crippen LogP contribution in [-0.2, 0) is 8.85 Å². The van der Waals surface area contributed by atoms with Crippen LogP contribution in [-0.4, -0.2) is 29.8 Å². The van der Waals surface area contributed by atoms with Gasteiger partial charge >= 0.3 is 0 Å². The summed E-state index contributed by atoms with van der Waals surface area (Å²) in [6, 6.07) is 0. The van der Waals surface area contributed by atoms with Crippen LogP contribution in [0.15, 0.2) is 24.6 Å². The van der Waals surface area contributed by atoms with E-state index < -0.39 is 16.6 Å². The van der Waals surface area contributed by atoms with E-state index in [2.05, 4.69) is 39.3 Å². The lowest BCUT2D eigenvalue weighted by molar-refractivity contribution is 0.211. The average molecular weight is 230 g/mol. The summed E-state index contributed by atoms with van der Waals surface area (Å²) in [6.45, 7) is 17.3. The van der Waals surface area contributed by atoms with E-state index in [0.717, 1.165) is 0 Å². The molecular weight excluding hydrogens is 208 g/mol. The van der Waals surface area contributed by atoms with E-state index in [1.807, 2.05) is 11.4 Å². The summed E-state index contributed by atoms with van der Waals surface area (Å²) in [6.07, 6.45) is 0. The van der Waals surface area contributed by atoms with Crippen LogP contribution in [0.25, 0.3) is 0 Å². The van der Waals surface area contributed by atoms with Gasteiger partial charge in [0.25, 0.3) is 0 Å². The third kappa shape index (κ3) is 6.31. The minimum Gasteiger partial charge on any atom is -0.411 e. The predicted molar refractivity (Wildman–Crippen MR) is 67.3 cm³/mol. The Labute approximate surface area is 89.9 Å². The fraction of sp³-hybridized carbons (Fsp3) is 0.600. The fourth-order valence-electron chi connectivity index (χ4n) is 0.727. The Kier molecular flexibility index (Phi) is 5.58. The lowest BCUT2D eigenvalue weighted by atomic mass is 10.8. The zero-order chi connectivity index (χ0) is 11.2. The number of hydrogen-bond donors (Lipinski definition) is 0. The second-order valence-electron chi connectivity index (χ2n) is 4.31. The van der Waals surface area contributed by atoms with Crippen molar-refractivity contribution in [3.63, 3.8) is 0 Å². The molecule has 0 aromatic rings. The minimum absolute atomic E-state index is 0.662. The molecule has 0 aliphatic carbocycles. The van der Waals surface area contributed by atoms with Crippen LogP contribution in [0.4, 0.5) is 0 Å². The van der Waals surface area contributed by atoms with Crippen LogP contribution in [0.1, 0.15) is 0 Å². The van der Waals surface area contributed by atoms with Gasteiger partial charge in [-0.05, 0) is 26.2 Å². The molecule has 0 aliphatic heterocycles. The highest BCUT2D eigenvalue weighted by Crippen LogP contribution is 2.07. The maximum absolute atomic E-state index is 5.70. The monoisotopic (exact) mass is 230 g/mol. The van der Waals surface area contributed by atoms with E-state index in [0.29, 0.717) is 13.2 Å². The Morgan fingerprint density at radius 2 is 1.14 bits per heavy atom. The summed E-state index contributed by atoms with van der Waals surface area (Å²) in [5, 5.41) is 0. The second kappa shape index (κ2) is 5.65. The highest BCUT2D eigenvalue weighted by Gasteiger charge is 2.19. The van der Waals surface area contributed by atoms with Gasteiger partial charge in [0.1, 0.15) is 0 Å². The molecule has 0 saturated carbocycles. The van der Waals surface area contributed by atoms with E-state index in [1.54, 1.807) is 0 Å². The molecule has 0 amide bonds. The van der Waals surface area contributed by atoms with Crippen molar-refractivity contribution in [2.45, 2.75) is 26.2 Å². The van der Waals surface area contributed by atoms with Crippen molar-refractivity contribution in [3.8, 4) is 0 Å². The van der Waals surface area contributed by atoms with Crippen LogP contribution in [0, 0.1) is 0 Å². The molecule has 2 nitrogen and oxygen atoms in total. The third-order valence-corrected chi connectivity index (χ3v) is 5.88. The molecular formula is C10H22O2Si2. The highest BCUT2D eigenvalue weighted by atomic mass is 28.4. The summed E-state index contributed by atoms with van der Waals surface area (Å²) in [5.74, 6) is 0. The van der Waals surface area contributed by atoms with Gasteiger partial charge in [0.2, 0.25) is 16.6 Å². The van der Waals surface area contributed by atoms with Crippen molar-refractivity contribution in [3.05, 3.63) is 24.6 Å². The molecule has 82 valence electrons. The van der Waals surface area contributed by atoms with E-state index in [-0.39, 0.29) is 0 Å². The van der Waals surface area contributed by atoms with Gasteiger partial charge in [-0.25, -0.2) is 0 Å². The standard InChI is InChI=1S/C10H22O2Si2/c1-7-13(3,4)11-9-10-12-14(5,6)8-2/h7-8H,1-2,9-10H2,3-6H3. The zero-order valence-corrected chi connectivity index (χ0v) is 11.8. The molecule has 0 fully saturated rings. The first kappa shape index (κ1) is 13.8. The lowest BCUT2D eigenvalue weighted by Gasteiger charge is -2.22. The lowest BCUT2D eigenvalue weighted by Crippen LogP contribution is -2.33. The molecule has 0 atom stereocenters. The minimum atomic E-state index is -1.61. The van der Waals surface area contributed by atoms with Crippen molar-refractivity contribution in [2.24, 2.45) is 0 Å². The summed E-state index contributed by atoms with van der Waals surface area (Å²) < 4.78 is 11.4. The van der Waals surface area contributed by atoms with Crippen molar-refractivity contribution < 1.29 is 8.85 Å². The Hall–Kier alpha value is -0.166. The molecule has 0 unspecified atom stereocenters. The number of rotatable bonds is 7. The highest BCUT2D eigenvalue weighted by molar-refractivity contribution is 6.76. The second-order valence-corrected chi connectivity index (χ2v) is 12.1. The van der Waals surface area contributed by atoms with Crippen molar-refractivity contribution in [2.75, 3.05) is 13.2 Å². The number of hydrogen-bond acceptors (Lipinski definition) is 2. The van der Waals surface area contributed by atoms with E-state index in [1.165, 1.54) is 0 Å². The van der Waals surface area contributed by atoms with Gasteiger partial charge in [-0.1, -0.05) is 11.4 Å². The maximum atomic E-state index is 5.70. The van der Waals surface area contributed by atoms with E-state index in [4.69, 9.17) is 8.85 Å². The summed E-state index contributed by atoms with van der Waals surface area (Å²) in [5.41, 5.74) is 3.87. The van der Waals surface area contributed by atoms with Crippen molar-refractivity contribution in [1.29, 1.82) is 0 Å². The van der Waals surface area contributed by atoms with Crippen LogP contribution in [0.3, 0.4) is 0 Å². The summed E-state index contributed by atoms with van der Waals surface area (Å²) in [4.78, 5) is 0. The van der Waals surface area contributed by atoms with Crippen LogP contribution in [0.5, 0.6) is 0 Å². The van der Waals surface area contributed by atoms with Gasteiger partial charge in [0.05, 0.1) is 13.2 Å². The average Bonchev–Trinajstić information content (AvgIpc) is 2.13. The summed E-state index contributed by atoms with van der Waals surface area (Å²) in [7, 11) is -3.22. The van der Waals surface area contributed by atoms with Gasteiger partial charge in [0.15, 0.2) is 0 Å². The molecule has 0 aliphatic rings. The zero-order valence-electron chi connectivity index (χ0n) is 9.80. The maximum Gasteiger partial charge on any atom is 0.210 e. The van der Waals surface area contributed by atoms with E-state index in [9.17, 15) is 0 Å². The molecule has 0 spiro atoms. The van der Waals surface area contributed by atoms with Gasteiger partial charge in [-0.3, -0.25) is 0 Å². The van der Waals surface area contributed by atoms with Gasteiger partial charge in [-0.15, -0.1) is 13.2 Å². The quantitative estimate of drug-likeness (QED) is 0.494. The Morgan fingerprint density at radius 3 is 1.36 bits per heavy atom. The topological polar surface area (TPSA) is 18.5 Å². The fourth-order valence-corrected chi connectivity index (χ4v) is 2.18. The Bertz CT molecular complexity index is 178. The van der Waals surface area contributed by atoms with Crippen molar-refractivity contribution >= 4 is 16.6 Å². The third-order valence-electron chi connectivity index (χ3n) is 2.01. The summed E-state index contributed by atoms with van der Waals surface area (Å²) >= 11 is 0. The van der Waals surface area contributed by atoms with Crippen LogP contribution < -0.4 is 0 Å². The van der Waals surface area contributed by atoms with Gasteiger partial charge in [0, 0.05) is 0 Å². The molecule has 0 aromatic carbocycles. The smallest absolute Gasteiger partial charge is 0.210 e. The normalized spacial score (nSPS) is 12.6. The van der Waals surface area contributed by atoms with Gasteiger partial charge in [-0.2, -0.15) is 0 Å². The molecule has 0 aromatic heterocycles. The predicted octanol–water partition coefficient (Wildman–Crippen LogP) is 2.88. The SMILES string of the molecule is C=C[Si](C)(C)OCCO[Si](C)(C)C=C. The largest absolute Gasteiger partial charge is 0.411 e. The molecule has 0 rings (SSSR count). The first-order valence-corrected chi connectivity index (χ1v) is 10.9. The van der Waals surface area contributed by atoms with E-state index >= 15 is 0 Å². The van der Waals surface area contributed by atoms with Crippen LogP contribution in [0.2, 0.25) is 26.2 Å². The Balaban J connectivity index is 3.67. The molecule has 0 saturated heterocycles. The molecule has 4 heteroatoms. The molecule has 0 bridgehead atoms. The Morgan fingerprint density at radius 1 is 0.857 bits per heavy atom. The molecule has 0 radical (unpaired) electrons. The van der Waals surface area contributed by atoms with Gasteiger partial charge < -0.3 is 8.85 Å². The van der Waals surface area contributed by atoms with Crippen LogP contribution >= 0.6 is 0 Å². The first-order valence-electron chi connectivity index (χ1n) is 4.88. The first-order chi connectivity index (χ1) is 6.33.